The van der Waals surface area contributed by atoms with E-state index < -0.39 is 18.0 Å². The number of imide groups is 1. The molecule has 6 heteroatoms. The maximum atomic E-state index is 12.4. The first kappa shape index (κ1) is 18.2. The van der Waals surface area contributed by atoms with Crippen LogP contribution in [-0.4, -0.2) is 11.9 Å². The lowest BCUT2D eigenvalue weighted by molar-refractivity contribution is -0.722. The molecule has 24 heavy (non-hydrogen) atoms. The molecule has 0 fully saturated rings. The Bertz CT molecular complexity index is 689. The number of carbonyl (C=O) groups excluding carboxylic acids is 2. The summed E-state index contributed by atoms with van der Waals surface area (Å²) in [5, 5.41) is 4.16. The van der Waals surface area contributed by atoms with Gasteiger partial charge in [-0.05, 0) is 12.1 Å². The van der Waals surface area contributed by atoms with Crippen LogP contribution in [0.25, 0.3) is 0 Å². The number of amides is 3. The third kappa shape index (κ3) is 4.91. The van der Waals surface area contributed by atoms with E-state index in [1.807, 2.05) is 59.9 Å². The summed E-state index contributed by atoms with van der Waals surface area (Å²) >= 11 is 3.43. The van der Waals surface area contributed by atoms with Crippen molar-refractivity contribution in [3.8, 4) is 0 Å². The third-order valence-corrected chi connectivity index (χ3v) is 4.38. The Labute approximate surface area is 149 Å². The van der Waals surface area contributed by atoms with E-state index in [1.165, 1.54) is 0 Å². The van der Waals surface area contributed by atoms with Crippen LogP contribution in [0, 0.1) is 0 Å². The quantitative estimate of drug-likeness (QED) is 0.706. The van der Waals surface area contributed by atoms with Crippen LogP contribution in [-0.2, 0) is 4.79 Å². The van der Waals surface area contributed by atoms with Gasteiger partial charge < -0.3 is 11.1 Å². The first-order valence-electron chi connectivity index (χ1n) is 7.77. The van der Waals surface area contributed by atoms with Gasteiger partial charge in [-0.25, -0.2) is 4.79 Å². The number of benzene rings is 2. The molecule has 0 radical (unpaired) electrons. The van der Waals surface area contributed by atoms with Gasteiger partial charge in [0.25, 0.3) is 5.91 Å². The van der Waals surface area contributed by atoms with Gasteiger partial charge in [-0.1, -0.05) is 65.3 Å². The molecule has 2 aromatic carbocycles. The average molecular weight is 391 g/mol. The van der Waals surface area contributed by atoms with Crippen molar-refractivity contribution in [2.45, 2.75) is 25.4 Å². The van der Waals surface area contributed by atoms with Gasteiger partial charge in [0.1, 0.15) is 6.04 Å². The van der Waals surface area contributed by atoms with Crippen LogP contribution in [0.5, 0.6) is 0 Å². The molecule has 5 nitrogen and oxygen atoms in total. The van der Waals surface area contributed by atoms with E-state index in [-0.39, 0.29) is 6.04 Å². The summed E-state index contributed by atoms with van der Waals surface area (Å²) in [5.74, 6) is -0.413. The minimum atomic E-state index is -0.842. The van der Waals surface area contributed by atoms with Gasteiger partial charge in [-0.2, -0.15) is 0 Å². The highest BCUT2D eigenvalue weighted by atomic mass is 79.9. The van der Waals surface area contributed by atoms with Gasteiger partial charge >= 0.3 is 6.03 Å². The molecule has 0 heterocycles. The fourth-order valence-corrected chi connectivity index (χ4v) is 2.90. The van der Waals surface area contributed by atoms with Crippen molar-refractivity contribution < 1.29 is 14.9 Å². The van der Waals surface area contributed by atoms with Gasteiger partial charge in [0.05, 0.1) is 0 Å². The summed E-state index contributed by atoms with van der Waals surface area (Å²) in [4.78, 5) is 23.5. The van der Waals surface area contributed by atoms with Crippen molar-refractivity contribution in [2.24, 2.45) is 5.73 Å². The van der Waals surface area contributed by atoms with Gasteiger partial charge in [0, 0.05) is 22.0 Å². The van der Waals surface area contributed by atoms with E-state index in [0.717, 1.165) is 22.0 Å². The number of urea groups is 1. The van der Waals surface area contributed by atoms with E-state index in [1.54, 1.807) is 0 Å². The fourth-order valence-electron chi connectivity index (χ4n) is 2.63. The van der Waals surface area contributed by atoms with Crippen LogP contribution in [0.15, 0.2) is 59.1 Å². The highest BCUT2D eigenvalue weighted by molar-refractivity contribution is 9.10. The molecule has 2 aromatic rings. The van der Waals surface area contributed by atoms with E-state index >= 15 is 0 Å². The number of carbonyl (C=O) groups is 2. The van der Waals surface area contributed by atoms with E-state index in [4.69, 9.17) is 5.73 Å². The van der Waals surface area contributed by atoms with Crippen LogP contribution < -0.4 is 16.4 Å². The second kappa shape index (κ2) is 8.61. The summed E-state index contributed by atoms with van der Waals surface area (Å²) in [6, 6.07) is 16.1. The number of primary amides is 1. The first-order valence-corrected chi connectivity index (χ1v) is 8.56. The zero-order valence-electron chi connectivity index (χ0n) is 13.4. The zero-order chi connectivity index (χ0) is 17.5. The average Bonchev–Trinajstić information content (AvgIpc) is 2.57. The molecule has 0 aliphatic rings. The monoisotopic (exact) mass is 390 g/mol. The largest absolute Gasteiger partial charge is 0.351 e. The Morgan fingerprint density at radius 1 is 1.08 bits per heavy atom. The van der Waals surface area contributed by atoms with E-state index in [2.05, 4.69) is 28.2 Å². The van der Waals surface area contributed by atoms with Crippen molar-refractivity contribution in [3.63, 3.8) is 0 Å². The molecule has 0 bridgehead atoms. The SMILES string of the molecule is CC[C@@H]([NH2+][C@H](C(=O)NC(N)=O)c1ccccc1)c1ccc(Br)cc1. The summed E-state index contributed by atoms with van der Waals surface area (Å²) in [6.07, 6.45) is 0.842. The number of hydrogen-bond acceptors (Lipinski definition) is 2. The van der Waals surface area contributed by atoms with Crippen molar-refractivity contribution in [1.29, 1.82) is 0 Å². The number of hydrogen-bond donors (Lipinski definition) is 3. The Balaban J connectivity index is 2.27. The van der Waals surface area contributed by atoms with Crippen molar-refractivity contribution in [2.75, 3.05) is 0 Å². The Kier molecular flexibility index (Phi) is 6.52. The van der Waals surface area contributed by atoms with Gasteiger partial charge in [0.2, 0.25) is 0 Å². The predicted octanol–water partition coefficient (Wildman–Crippen LogP) is 2.40. The Morgan fingerprint density at radius 3 is 2.25 bits per heavy atom. The smallest absolute Gasteiger partial charge is 0.319 e. The summed E-state index contributed by atoms with van der Waals surface area (Å²) in [6.45, 7) is 2.07. The molecule has 0 spiro atoms. The number of nitrogens with one attached hydrogen (secondary N) is 1. The maximum absolute atomic E-state index is 12.4. The van der Waals surface area contributed by atoms with Crippen LogP contribution in [0.2, 0.25) is 0 Å². The molecule has 126 valence electrons. The highest BCUT2D eigenvalue weighted by Gasteiger charge is 2.28. The van der Waals surface area contributed by atoms with E-state index in [9.17, 15) is 9.59 Å². The molecule has 0 aliphatic heterocycles. The topological polar surface area (TPSA) is 88.8 Å². The minimum absolute atomic E-state index is 0.0851. The normalized spacial score (nSPS) is 13.1. The lowest BCUT2D eigenvalue weighted by atomic mass is 10.00. The molecular formula is C18H21BrN3O2+. The summed E-state index contributed by atoms with van der Waals surface area (Å²) in [5.41, 5.74) is 7.06. The third-order valence-electron chi connectivity index (χ3n) is 3.85. The van der Waals surface area contributed by atoms with Crippen molar-refractivity contribution >= 4 is 27.9 Å². The van der Waals surface area contributed by atoms with Crippen LogP contribution in [0.1, 0.15) is 36.6 Å². The number of nitrogens with two attached hydrogens (primary N) is 2. The van der Waals surface area contributed by atoms with Crippen LogP contribution in [0.4, 0.5) is 4.79 Å². The van der Waals surface area contributed by atoms with Gasteiger partial charge in [-0.15, -0.1) is 0 Å². The van der Waals surface area contributed by atoms with Crippen molar-refractivity contribution in [3.05, 3.63) is 70.2 Å². The summed E-state index contributed by atoms with van der Waals surface area (Å²) in [7, 11) is 0. The molecule has 0 saturated heterocycles. The van der Waals surface area contributed by atoms with E-state index in [0.29, 0.717) is 0 Å². The molecule has 0 saturated carbocycles. The van der Waals surface area contributed by atoms with Gasteiger partial charge in [0.15, 0.2) is 6.04 Å². The lowest BCUT2D eigenvalue weighted by Gasteiger charge is -2.21. The summed E-state index contributed by atoms with van der Waals surface area (Å²) < 4.78 is 1.01. The van der Waals surface area contributed by atoms with Crippen molar-refractivity contribution in [1.82, 2.24) is 5.32 Å². The molecule has 5 N–H and O–H groups in total. The minimum Gasteiger partial charge on any atom is -0.351 e. The predicted molar refractivity (Wildman–Crippen MR) is 96.0 cm³/mol. The molecule has 2 rings (SSSR count). The molecule has 2 atom stereocenters. The molecule has 0 aromatic heterocycles. The molecular weight excluding hydrogens is 370 g/mol. The second-order valence-electron chi connectivity index (χ2n) is 5.50. The molecule has 0 aliphatic carbocycles. The van der Waals surface area contributed by atoms with Crippen LogP contribution in [0.3, 0.4) is 0 Å². The standard InChI is InChI=1S/C18H20BrN3O2/c1-2-15(12-8-10-14(19)11-9-12)21-16(17(23)22-18(20)24)13-6-4-3-5-7-13/h3-11,15-16,21H,2H2,1H3,(H3,20,22,23,24)/p+1/t15-,16+/m1/s1. The lowest BCUT2D eigenvalue weighted by Crippen LogP contribution is -2.88. The van der Waals surface area contributed by atoms with Gasteiger partial charge in [-0.3, -0.25) is 10.1 Å². The molecule has 3 amide bonds. The number of halogens is 1. The Morgan fingerprint density at radius 2 is 1.71 bits per heavy atom. The maximum Gasteiger partial charge on any atom is 0.319 e. The highest BCUT2D eigenvalue weighted by Crippen LogP contribution is 2.18. The number of quaternary nitrogens is 1. The van der Waals surface area contributed by atoms with Crippen LogP contribution >= 0.6 is 15.9 Å². The fraction of sp³-hybridized carbons (Fsp3) is 0.222. The molecule has 0 unspecified atom stereocenters. The number of rotatable bonds is 6. The zero-order valence-corrected chi connectivity index (χ0v) is 15.0. The second-order valence-corrected chi connectivity index (χ2v) is 6.42. The first-order chi connectivity index (χ1) is 11.5. The Hall–Kier alpha value is -2.18.